The van der Waals surface area contributed by atoms with Gasteiger partial charge in [0.1, 0.15) is 11.6 Å². The van der Waals surface area contributed by atoms with E-state index in [-0.39, 0.29) is 16.4 Å². The molecule has 1 heterocycles. The van der Waals surface area contributed by atoms with Gasteiger partial charge < -0.3 is 14.8 Å². The standard InChI is InChI=1S/C25H38N2O5S/c1-6-7-16-31-24(30)27(15-11-12-19(27)2)22(28)21(26-23(29)32-25(3,4)5)18-33-17-20-13-9-8-10-14-20/h8-10,13-14,19,21H,6-7,11-12,15-18H2,1-5H3/p+1/t19-,21+,27?/m1/s1. The van der Waals surface area contributed by atoms with E-state index in [4.69, 9.17) is 9.47 Å². The van der Waals surface area contributed by atoms with Gasteiger partial charge in [0, 0.05) is 24.3 Å². The summed E-state index contributed by atoms with van der Waals surface area (Å²) in [5.41, 5.74) is 0.435. The van der Waals surface area contributed by atoms with Crippen LogP contribution in [0.5, 0.6) is 0 Å². The second-order valence-electron chi connectivity index (χ2n) is 9.59. The second kappa shape index (κ2) is 12.4. The molecule has 1 unspecified atom stereocenters. The minimum atomic E-state index is -0.868. The molecule has 8 heteroatoms. The van der Waals surface area contributed by atoms with E-state index in [1.165, 1.54) is 0 Å². The SMILES string of the molecule is CCCCOC(=O)[N+]1(C(=O)[C@H](CSCc2ccccc2)NC(=O)OC(C)(C)C)CCC[C@H]1C. The lowest BCUT2D eigenvalue weighted by molar-refractivity contribution is -0.793. The van der Waals surface area contributed by atoms with Gasteiger partial charge in [-0.05, 0) is 39.7 Å². The number of likely N-dealkylation sites (tertiary alicyclic amines) is 1. The summed E-state index contributed by atoms with van der Waals surface area (Å²) >= 11 is 1.54. The summed E-state index contributed by atoms with van der Waals surface area (Å²) in [7, 11) is 0. The van der Waals surface area contributed by atoms with Crippen LogP contribution < -0.4 is 5.32 Å². The molecule has 0 saturated carbocycles. The summed E-state index contributed by atoms with van der Waals surface area (Å²) in [5.74, 6) is 0.701. The first-order valence-electron chi connectivity index (χ1n) is 11.8. The summed E-state index contributed by atoms with van der Waals surface area (Å²) in [6.07, 6.45) is 1.99. The van der Waals surface area contributed by atoms with Crippen LogP contribution in [0.2, 0.25) is 0 Å². The molecule has 1 N–H and O–H groups in total. The molecule has 0 aromatic heterocycles. The van der Waals surface area contributed by atoms with Gasteiger partial charge in [-0.2, -0.15) is 21.0 Å². The first kappa shape index (κ1) is 27.2. The van der Waals surface area contributed by atoms with Crippen molar-refractivity contribution < 1.29 is 28.3 Å². The number of unbranched alkanes of at least 4 members (excludes halogenated alkanes) is 1. The van der Waals surface area contributed by atoms with Crippen LogP contribution in [-0.2, 0) is 20.0 Å². The third kappa shape index (κ3) is 7.74. The summed E-state index contributed by atoms with van der Waals surface area (Å²) in [6, 6.07) is 8.87. The lowest BCUT2D eigenvalue weighted by atomic mass is 10.2. The highest BCUT2D eigenvalue weighted by atomic mass is 32.2. The van der Waals surface area contributed by atoms with Crippen molar-refractivity contribution in [2.75, 3.05) is 18.9 Å². The number of alkyl carbamates (subject to hydrolysis) is 1. The van der Waals surface area contributed by atoms with Crippen LogP contribution in [0.4, 0.5) is 9.59 Å². The van der Waals surface area contributed by atoms with Crippen molar-refractivity contribution in [3.8, 4) is 0 Å². The Morgan fingerprint density at radius 3 is 2.48 bits per heavy atom. The topological polar surface area (TPSA) is 81.7 Å². The lowest BCUT2D eigenvalue weighted by Gasteiger charge is -2.34. The van der Waals surface area contributed by atoms with Crippen LogP contribution in [0.1, 0.15) is 65.9 Å². The molecule has 1 fully saturated rings. The molecule has 184 valence electrons. The number of benzene rings is 1. The fraction of sp³-hybridized carbons (Fsp3) is 0.640. The highest BCUT2D eigenvalue weighted by Crippen LogP contribution is 2.31. The number of rotatable bonds is 9. The van der Waals surface area contributed by atoms with Crippen LogP contribution in [0, 0.1) is 0 Å². The minimum Gasteiger partial charge on any atom is -0.444 e. The number of nitrogens with zero attached hydrogens (tertiary/aromatic N) is 1. The van der Waals surface area contributed by atoms with Crippen LogP contribution in [0.3, 0.4) is 0 Å². The Labute approximate surface area is 202 Å². The third-order valence-corrected chi connectivity index (χ3v) is 6.82. The van der Waals surface area contributed by atoms with E-state index in [0.29, 0.717) is 24.7 Å². The molecule has 0 aliphatic carbocycles. The van der Waals surface area contributed by atoms with E-state index >= 15 is 0 Å². The quantitative estimate of drug-likeness (QED) is 0.384. The molecular formula is C25H39N2O5S+. The molecule has 0 spiro atoms. The number of nitrogens with one attached hydrogen (secondary N) is 1. The zero-order chi connectivity index (χ0) is 24.5. The fourth-order valence-corrected chi connectivity index (χ4v) is 4.96. The van der Waals surface area contributed by atoms with Crippen LogP contribution >= 0.6 is 11.8 Å². The highest BCUT2D eigenvalue weighted by Gasteiger charge is 2.56. The van der Waals surface area contributed by atoms with E-state index in [2.05, 4.69) is 5.32 Å². The summed E-state index contributed by atoms with van der Waals surface area (Å²) < 4.78 is 10.6. The Kier molecular flexibility index (Phi) is 10.2. The predicted molar refractivity (Wildman–Crippen MR) is 131 cm³/mol. The van der Waals surface area contributed by atoms with Gasteiger partial charge in [-0.15, -0.1) is 0 Å². The Balaban J connectivity index is 2.22. The van der Waals surface area contributed by atoms with Gasteiger partial charge in [-0.3, -0.25) is 0 Å². The summed E-state index contributed by atoms with van der Waals surface area (Å²) in [4.78, 5) is 39.6. The van der Waals surface area contributed by atoms with E-state index in [1.54, 1.807) is 32.5 Å². The number of thioether (sulfide) groups is 1. The predicted octanol–water partition coefficient (Wildman–Crippen LogP) is 5.28. The van der Waals surface area contributed by atoms with Crippen LogP contribution in [0.25, 0.3) is 0 Å². The van der Waals surface area contributed by atoms with Crippen molar-refractivity contribution in [1.82, 2.24) is 5.32 Å². The highest BCUT2D eigenvalue weighted by molar-refractivity contribution is 7.98. The van der Waals surface area contributed by atoms with E-state index in [1.807, 2.05) is 44.2 Å². The number of amides is 3. The minimum absolute atomic E-state index is 0.200. The number of hydrogen-bond acceptors (Lipinski definition) is 6. The number of hydrogen-bond donors (Lipinski definition) is 1. The smallest absolute Gasteiger partial charge is 0.444 e. The molecule has 0 bridgehead atoms. The molecule has 1 aliphatic rings. The molecular weight excluding hydrogens is 440 g/mol. The number of quaternary nitrogens is 1. The van der Waals surface area contributed by atoms with Crippen molar-refractivity contribution >= 4 is 29.9 Å². The first-order valence-corrected chi connectivity index (χ1v) is 13.0. The molecule has 2 rings (SSSR count). The van der Waals surface area contributed by atoms with Crippen molar-refractivity contribution in [2.24, 2.45) is 0 Å². The Hall–Kier alpha value is -2.06. The number of ether oxygens (including phenoxy) is 2. The fourth-order valence-electron chi connectivity index (χ4n) is 3.96. The third-order valence-electron chi connectivity index (χ3n) is 5.71. The summed E-state index contributed by atoms with van der Waals surface area (Å²) in [5, 5.41) is 2.75. The number of imide groups is 1. The van der Waals surface area contributed by atoms with E-state index < -0.39 is 23.8 Å². The second-order valence-corrected chi connectivity index (χ2v) is 10.6. The maximum atomic E-state index is 13.9. The maximum Gasteiger partial charge on any atom is 0.523 e. The monoisotopic (exact) mass is 479 g/mol. The van der Waals surface area contributed by atoms with Gasteiger partial charge in [-0.1, -0.05) is 43.7 Å². The van der Waals surface area contributed by atoms with Crippen molar-refractivity contribution in [1.29, 1.82) is 0 Å². The Morgan fingerprint density at radius 2 is 1.91 bits per heavy atom. The van der Waals surface area contributed by atoms with E-state index in [9.17, 15) is 14.4 Å². The molecule has 0 radical (unpaired) electrons. The molecule has 7 nitrogen and oxygen atoms in total. The first-order chi connectivity index (χ1) is 15.6. The molecule has 3 atom stereocenters. The molecule has 1 aliphatic heterocycles. The molecule has 1 saturated heterocycles. The number of carbonyl (C=O) groups is 3. The Morgan fingerprint density at radius 1 is 1.21 bits per heavy atom. The maximum absolute atomic E-state index is 13.9. The van der Waals surface area contributed by atoms with Gasteiger partial charge in [0.25, 0.3) is 0 Å². The van der Waals surface area contributed by atoms with Gasteiger partial charge in [0.15, 0.2) is 6.04 Å². The van der Waals surface area contributed by atoms with Crippen LogP contribution in [0.15, 0.2) is 30.3 Å². The zero-order valence-electron chi connectivity index (χ0n) is 20.6. The Bertz CT molecular complexity index is 796. The van der Waals surface area contributed by atoms with Gasteiger partial charge in [0.05, 0.1) is 13.2 Å². The van der Waals surface area contributed by atoms with Crippen molar-refractivity contribution in [3.05, 3.63) is 35.9 Å². The average Bonchev–Trinajstić information content (AvgIpc) is 3.14. The zero-order valence-corrected chi connectivity index (χ0v) is 21.4. The average molecular weight is 480 g/mol. The van der Waals surface area contributed by atoms with Crippen LogP contribution in [-0.4, -0.2) is 59.2 Å². The summed E-state index contributed by atoms with van der Waals surface area (Å²) in [6.45, 7) is 9.93. The molecule has 1 aromatic carbocycles. The van der Waals surface area contributed by atoms with Gasteiger partial charge in [-0.25, -0.2) is 9.59 Å². The normalized spacial score (nSPS) is 21.3. The largest absolute Gasteiger partial charge is 0.523 e. The van der Waals surface area contributed by atoms with E-state index in [0.717, 1.165) is 31.2 Å². The van der Waals surface area contributed by atoms with Gasteiger partial charge in [0.2, 0.25) is 0 Å². The van der Waals surface area contributed by atoms with Crippen molar-refractivity contribution in [2.45, 2.75) is 83.7 Å². The molecule has 33 heavy (non-hydrogen) atoms. The molecule has 3 amide bonds. The van der Waals surface area contributed by atoms with Gasteiger partial charge >= 0.3 is 18.1 Å². The lowest BCUT2D eigenvalue weighted by Crippen LogP contribution is -2.65. The van der Waals surface area contributed by atoms with Crippen molar-refractivity contribution in [3.63, 3.8) is 0 Å². The molecule has 1 aromatic rings. The number of carbonyl (C=O) groups excluding carboxylic acids is 3.